The summed E-state index contributed by atoms with van der Waals surface area (Å²) in [5.74, 6) is -2.42. The van der Waals surface area contributed by atoms with Gasteiger partial charge < -0.3 is 80.1 Å². The van der Waals surface area contributed by atoms with Gasteiger partial charge in [0.15, 0.2) is 0 Å². The number of nitrogens with one attached hydrogen (secondary N) is 2. The van der Waals surface area contributed by atoms with E-state index in [-0.39, 0.29) is 100 Å². The first-order valence-electron chi connectivity index (χ1n) is 3.55. The van der Waals surface area contributed by atoms with Crippen molar-refractivity contribution in [1.82, 2.24) is 10.6 Å². The second-order valence-electron chi connectivity index (χ2n) is 2.03. The van der Waals surface area contributed by atoms with Crippen molar-refractivity contribution in [3.63, 3.8) is 0 Å². The summed E-state index contributed by atoms with van der Waals surface area (Å²) >= 11 is 17.3. The molecular weight excluding hydrogens is 404 g/mol. The summed E-state index contributed by atoms with van der Waals surface area (Å²) in [6.07, 6.45) is 0. The number of hydrogen-bond acceptors (Lipinski definition) is 8. The third-order valence-corrected chi connectivity index (χ3v) is 1.33. The summed E-state index contributed by atoms with van der Waals surface area (Å²) < 4.78 is 0.100. The van der Waals surface area contributed by atoms with Gasteiger partial charge in [-0.15, -0.1) is 0 Å². The average molecular weight is 410 g/mol. The van der Waals surface area contributed by atoms with Crippen LogP contribution in [0.1, 0.15) is 0 Å². The van der Waals surface area contributed by atoms with Crippen LogP contribution in [0.3, 0.4) is 0 Å². The van der Waals surface area contributed by atoms with Crippen molar-refractivity contribution < 1.29 is 98.4 Å². The molecule has 0 bridgehead atoms. The first-order valence-corrected chi connectivity index (χ1v) is 5.18. The molecule has 0 aliphatic heterocycles. The van der Waals surface area contributed by atoms with Crippen molar-refractivity contribution >= 4 is 70.3 Å². The fourth-order valence-corrected chi connectivity index (χ4v) is 0.577. The van der Waals surface area contributed by atoms with Gasteiger partial charge in [-0.2, -0.15) is 0 Å². The van der Waals surface area contributed by atoms with Crippen LogP contribution in [0.2, 0.25) is 0 Å². The van der Waals surface area contributed by atoms with E-state index in [0.29, 0.717) is 0 Å². The predicted molar refractivity (Wildman–Crippen MR) is 65.9 cm³/mol. The van der Waals surface area contributed by atoms with E-state index in [2.05, 4.69) is 60.3 Å². The van der Waals surface area contributed by atoms with E-state index in [0.717, 1.165) is 0 Å². The second kappa shape index (κ2) is 22.1. The smallest absolute Gasteiger partial charge is 0.548 e. The molecule has 0 aliphatic rings. The number of carboxylic acid groups (broad SMARTS) is 2. The maximum Gasteiger partial charge on any atom is 2.00 e. The number of hydrogen-bond donors (Lipinski definition) is 2. The average Bonchev–Trinajstić information content (AvgIpc) is 2.12. The van der Waals surface area contributed by atoms with E-state index in [4.69, 9.17) is 0 Å². The van der Waals surface area contributed by atoms with Gasteiger partial charge in [-0.3, -0.25) is 0 Å². The van der Waals surface area contributed by atoms with E-state index >= 15 is 0 Å². The Labute approximate surface area is 189 Å². The van der Waals surface area contributed by atoms with Crippen molar-refractivity contribution in [2.45, 2.75) is 0 Å². The number of thiocarbonyl (C=S) groups is 2. The Kier molecular flexibility index (Phi) is 37.9. The molecule has 0 spiro atoms. The van der Waals surface area contributed by atoms with Gasteiger partial charge >= 0.3 is 78.6 Å². The molecule has 0 fully saturated rings. The van der Waals surface area contributed by atoms with Gasteiger partial charge in [-0.1, -0.05) is 8.64 Å². The van der Waals surface area contributed by atoms with Crippen molar-refractivity contribution in [2.24, 2.45) is 0 Å². The summed E-state index contributed by atoms with van der Waals surface area (Å²) in [5, 5.41) is 23.7. The molecule has 92 valence electrons. The van der Waals surface area contributed by atoms with Crippen molar-refractivity contribution in [3.05, 3.63) is 0 Å². The summed E-state index contributed by atoms with van der Waals surface area (Å²) in [7, 11) is 0. The molecule has 0 radical (unpaired) electrons. The summed E-state index contributed by atoms with van der Waals surface area (Å²) in [6.45, 7) is -0.606. The maximum atomic E-state index is 9.62. The zero-order valence-corrected chi connectivity index (χ0v) is 20.6. The number of rotatable bonds is 4. The third-order valence-electron chi connectivity index (χ3n) is 0.754. The van der Waals surface area contributed by atoms with Gasteiger partial charge in [-0.05, 0) is 0 Å². The molecule has 0 aromatic heterocycles. The maximum absolute atomic E-state index is 9.62. The topological polar surface area (TPSA) is 104 Å². The largest absolute Gasteiger partial charge is 2.00 e. The van der Waals surface area contributed by atoms with Crippen LogP contribution in [0.5, 0.6) is 0 Å². The van der Waals surface area contributed by atoms with E-state index in [1.54, 1.807) is 0 Å². The molecule has 0 heterocycles. The zero-order chi connectivity index (χ0) is 13.1. The molecule has 0 aliphatic carbocycles. The van der Waals surface area contributed by atoms with Crippen LogP contribution in [0.4, 0.5) is 0 Å². The van der Waals surface area contributed by atoms with Crippen LogP contribution in [0.25, 0.3) is 0 Å². The van der Waals surface area contributed by atoms with E-state index in [9.17, 15) is 19.8 Å². The van der Waals surface area contributed by atoms with Crippen LogP contribution >= 0.6 is 24.4 Å². The molecule has 0 unspecified atom stereocenters. The third kappa shape index (κ3) is 45.1. The number of carbonyl (C=O) groups is 2. The molecule has 0 saturated heterocycles. The van der Waals surface area contributed by atoms with E-state index in [1.165, 1.54) is 0 Å². The number of carbonyl (C=O) groups excluding carboxylic acids is 2. The summed E-state index contributed by atoms with van der Waals surface area (Å²) in [4.78, 5) is 19.2. The number of aliphatic carboxylic acids is 2. The fourth-order valence-electron chi connectivity index (χ4n) is 0.289. The number of carboxylic acids is 2. The standard InChI is InChI=1S/2C3H5NO2S2.2Na.Zn/c2*5-2(6)1-4-3(7)8;;;/h2*1H2,(H,5,6)(H2,4,7,8);;;/q;;2*+1;+2/p-4. The SMILES string of the molecule is O=C([O-])CNC(=S)[S-].O=C([O-])CNC(=S)[S-].[Na+].[Na+].[Zn+2]. The van der Waals surface area contributed by atoms with Gasteiger partial charge in [-0.25, -0.2) is 0 Å². The van der Waals surface area contributed by atoms with Crippen LogP contribution in [-0.2, 0) is 54.3 Å². The summed E-state index contributed by atoms with van der Waals surface area (Å²) in [6, 6.07) is 0. The minimum absolute atomic E-state index is 0. The van der Waals surface area contributed by atoms with Gasteiger partial charge in [0.25, 0.3) is 0 Å². The minimum atomic E-state index is -1.21. The quantitative estimate of drug-likeness (QED) is 0.264. The van der Waals surface area contributed by atoms with Gasteiger partial charge in [0.2, 0.25) is 0 Å². The first-order chi connectivity index (χ1) is 7.25. The summed E-state index contributed by atoms with van der Waals surface area (Å²) in [5.41, 5.74) is 0. The molecule has 2 N–H and O–H groups in total. The molecule has 0 rings (SSSR count). The van der Waals surface area contributed by atoms with Gasteiger partial charge in [0.1, 0.15) is 0 Å². The Hall–Kier alpha value is 1.78. The van der Waals surface area contributed by atoms with E-state index < -0.39 is 11.9 Å². The van der Waals surface area contributed by atoms with Crippen molar-refractivity contribution in [2.75, 3.05) is 13.1 Å². The molecule has 0 atom stereocenters. The first kappa shape index (κ1) is 32.7. The Morgan fingerprint density at radius 3 is 1.16 bits per heavy atom. The van der Waals surface area contributed by atoms with Crippen molar-refractivity contribution in [1.29, 1.82) is 0 Å². The second-order valence-corrected chi connectivity index (χ2v) is 4.18. The monoisotopic (exact) mass is 408 g/mol. The van der Waals surface area contributed by atoms with Crippen molar-refractivity contribution in [3.8, 4) is 0 Å². The Balaban J connectivity index is -0.0000000594. The Morgan fingerprint density at radius 2 is 1.11 bits per heavy atom. The van der Waals surface area contributed by atoms with E-state index in [1.807, 2.05) is 0 Å². The van der Waals surface area contributed by atoms with Gasteiger partial charge in [0.05, 0.1) is 25.0 Å². The molecular formula is C6H6N2Na2O4S4Zn. The Morgan fingerprint density at radius 1 is 0.895 bits per heavy atom. The minimum Gasteiger partial charge on any atom is -0.548 e. The molecule has 0 amide bonds. The van der Waals surface area contributed by atoms with Crippen LogP contribution < -0.4 is 80.0 Å². The molecule has 0 aromatic carbocycles. The molecule has 0 aromatic rings. The van der Waals surface area contributed by atoms with Gasteiger partial charge in [0, 0.05) is 0 Å². The van der Waals surface area contributed by atoms with Crippen LogP contribution in [-0.4, -0.2) is 33.7 Å². The normalized spacial score (nSPS) is 6.74. The fraction of sp³-hybridized carbons (Fsp3) is 0.333. The predicted octanol–water partition coefficient (Wildman–Crippen LogP) is -9.68. The van der Waals surface area contributed by atoms with Crippen LogP contribution in [0, 0.1) is 0 Å². The molecule has 0 saturated carbocycles. The molecule has 13 heteroatoms. The molecule has 6 nitrogen and oxygen atoms in total. The molecule has 19 heavy (non-hydrogen) atoms. The Bertz CT molecular complexity index is 242. The van der Waals surface area contributed by atoms with Crippen LogP contribution in [0.15, 0.2) is 0 Å². The zero-order valence-electron chi connectivity index (χ0n) is 10.4.